The fourth-order valence-electron chi connectivity index (χ4n) is 1.25. The molecule has 2 N–H and O–H groups in total. The first-order chi connectivity index (χ1) is 6.29. The summed E-state index contributed by atoms with van der Waals surface area (Å²) >= 11 is 0. The molecular weight excluding hydrogens is 158 g/mol. The fraction of sp³-hybridized carbons (Fsp3) is 0.167. The van der Waals surface area contributed by atoms with E-state index in [2.05, 4.69) is 0 Å². The molecule has 0 aromatic heterocycles. The number of rotatable bonds is 2. The number of nitrogen functional groups attached to an aromatic ring is 1. The molecule has 0 aliphatic carbocycles. The van der Waals surface area contributed by atoms with Crippen LogP contribution in [0.5, 0.6) is 0 Å². The largest absolute Gasteiger partial charge is 0.398 e. The van der Waals surface area contributed by atoms with Crippen molar-refractivity contribution >= 4 is 17.8 Å². The van der Waals surface area contributed by atoms with Crippen LogP contribution >= 0.6 is 0 Å². The molecule has 68 valence electrons. The molecule has 0 bridgehead atoms. The average molecular weight is 173 g/mol. The van der Waals surface area contributed by atoms with Gasteiger partial charge in [-0.1, -0.05) is 42.5 Å². The van der Waals surface area contributed by atoms with Gasteiger partial charge in [0.05, 0.1) is 0 Å². The van der Waals surface area contributed by atoms with Gasteiger partial charge in [0.15, 0.2) is 0 Å². The van der Waals surface area contributed by atoms with Crippen LogP contribution in [0.25, 0.3) is 12.2 Å². The summed E-state index contributed by atoms with van der Waals surface area (Å²) < 4.78 is 0. The smallest absolute Gasteiger partial charge is 0.0461 e. The second-order valence-corrected chi connectivity index (χ2v) is 2.85. The average Bonchev–Trinajstić information content (AvgIpc) is 2.13. The summed E-state index contributed by atoms with van der Waals surface area (Å²) in [4.78, 5) is 0. The van der Waals surface area contributed by atoms with E-state index in [1.807, 2.05) is 56.4 Å². The van der Waals surface area contributed by atoms with Gasteiger partial charge in [-0.3, -0.25) is 0 Å². The quantitative estimate of drug-likeness (QED) is 0.682. The third kappa shape index (κ3) is 2.22. The Morgan fingerprint density at radius 3 is 1.85 bits per heavy atom. The van der Waals surface area contributed by atoms with Crippen molar-refractivity contribution in [2.24, 2.45) is 0 Å². The minimum absolute atomic E-state index is 0.846. The lowest BCUT2D eigenvalue weighted by Crippen LogP contribution is -1.92. The zero-order valence-corrected chi connectivity index (χ0v) is 8.12. The SMILES string of the molecule is C/C=C\c1cccc(/C=C/C)c1N. The number of benzene rings is 1. The Morgan fingerprint density at radius 1 is 1.00 bits per heavy atom. The minimum Gasteiger partial charge on any atom is -0.398 e. The highest BCUT2D eigenvalue weighted by Crippen LogP contribution is 2.19. The van der Waals surface area contributed by atoms with Crippen molar-refractivity contribution in [3.8, 4) is 0 Å². The van der Waals surface area contributed by atoms with Gasteiger partial charge in [0.2, 0.25) is 0 Å². The van der Waals surface area contributed by atoms with Gasteiger partial charge < -0.3 is 5.73 Å². The second-order valence-electron chi connectivity index (χ2n) is 2.85. The second kappa shape index (κ2) is 4.51. The topological polar surface area (TPSA) is 26.0 Å². The van der Waals surface area contributed by atoms with Gasteiger partial charge in [0.1, 0.15) is 0 Å². The van der Waals surface area contributed by atoms with Crippen LogP contribution in [-0.4, -0.2) is 0 Å². The first kappa shape index (κ1) is 9.59. The fourth-order valence-corrected chi connectivity index (χ4v) is 1.25. The van der Waals surface area contributed by atoms with Crippen LogP contribution in [0.3, 0.4) is 0 Å². The van der Waals surface area contributed by atoms with Crippen LogP contribution in [0, 0.1) is 0 Å². The van der Waals surface area contributed by atoms with Crippen molar-refractivity contribution in [3.05, 3.63) is 41.5 Å². The Hall–Kier alpha value is -1.50. The summed E-state index contributed by atoms with van der Waals surface area (Å²) in [5, 5.41) is 0. The molecule has 0 amide bonds. The molecule has 1 rings (SSSR count). The van der Waals surface area contributed by atoms with E-state index in [9.17, 15) is 0 Å². The van der Waals surface area contributed by atoms with Crippen molar-refractivity contribution < 1.29 is 0 Å². The number of nitrogens with two attached hydrogens (primary N) is 1. The van der Waals surface area contributed by atoms with Crippen LogP contribution < -0.4 is 5.73 Å². The third-order valence-electron chi connectivity index (χ3n) is 1.87. The highest BCUT2D eigenvalue weighted by Gasteiger charge is 1.97. The molecule has 0 saturated carbocycles. The van der Waals surface area contributed by atoms with Crippen molar-refractivity contribution in [1.82, 2.24) is 0 Å². The van der Waals surface area contributed by atoms with Crippen molar-refractivity contribution in [2.75, 3.05) is 5.73 Å². The zero-order valence-electron chi connectivity index (χ0n) is 8.12. The van der Waals surface area contributed by atoms with E-state index in [-0.39, 0.29) is 0 Å². The monoisotopic (exact) mass is 173 g/mol. The molecule has 0 saturated heterocycles. The number of hydrogen-bond donors (Lipinski definition) is 1. The van der Waals surface area contributed by atoms with Crippen molar-refractivity contribution in [1.29, 1.82) is 0 Å². The molecule has 0 fully saturated rings. The molecule has 1 nitrogen and oxygen atoms in total. The van der Waals surface area contributed by atoms with E-state index in [0.717, 1.165) is 16.8 Å². The van der Waals surface area contributed by atoms with E-state index in [0.29, 0.717) is 0 Å². The standard InChI is InChI=1S/C12H15N/c1-3-6-10-8-5-9-11(7-4-2)12(10)13/h3-9H,13H2,1-2H3/b6-3-,7-4+. The molecule has 0 radical (unpaired) electrons. The predicted octanol–water partition coefficient (Wildman–Crippen LogP) is 3.34. The molecule has 1 aromatic carbocycles. The molecule has 0 atom stereocenters. The molecule has 13 heavy (non-hydrogen) atoms. The summed E-state index contributed by atoms with van der Waals surface area (Å²) in [7, 11) is 0. The first-order valence-electron chi connectivity index (χ1n) is 4.43. The normalized spacial score (nSPS) is 11.5. The van der Waals surface area contributed by atoms with Gasteiger partial charge in [-0.15, -0.1) is 0 Å². The number of hydrogen-bond acceptors (Lipinski definition) is 1. The Balaban J connectivity index is 3.17. The van der Waals surface area contributed by atoms with Crippen LogP contribution in [-0.2, 0) is 0 Å². The highest BCUT2D eigenvalue weighted by atomic mass is 14.6. The lowest BCUT2D eigenvalue weighted by molar-refractivity contribution is 1.59. The lowest BCUT2D eigenvalue weighted by atomic mass is 10.1. The minimum atomic E-state index is 0.846. The maximum atomic E-state index is 5.95. The van der Waals surface area contributed by atoms with E-state index < -0.39 is 0 Å². The van der Waals surface area contributed by atoms with Crippen LogP contribution in [0.2, 0.25) is 0 Å². The summed E-state index contributed by atoms with van der Waals surface area (Å²) in [5.41, 5.74) is 8.96. The van der Waals surface area contributed by atoms with Crippen LogP contribution in [0.4, 0.5) is 5.69 Å². The van der Waals surface area contributed by atoms with Gasteiger partial charge in [-0.05, 0) is 25.0 Å². The molecule has 0 spiro atoms. The lowest BCUT2D eigenvalue weighted by Gasteiger charge is -2.03. The van der Waals surface area contributed by atoms with Gasteiger partial charge in [-0.2, -0.15) is 0 Å². The van der Waals surface area contributed by atoms with Crippen molar-refractivity contribution in [2.45, 2.75) is 13.8 Å². The number of anilines is 1. The van der Waals surface area contributed by atoms with Gasteiger partial charge >= 0.3 is 0 Å². The van der Waals surface area contributed by atoms with Gasteiger partial charge in [0, 0.05) is 5.69 Å². The molecular formula is C12H15N. The maximum Gasteiger partial charge on any atom is 0.0461 e. The Kier molecular flexibility index (Phi) is 3.32. The third-order valence-corrected chi connectivity index (χ3v) is 1.87. The summed E-state index contributed by atoms with van der Waals surface area (Å²) in [5.74, 6) is 0. The highest BCUT2D eigenvalue weighted by molar-refractivity contribution is 5.74. The molecule has 0 heterocycles. The van der Waals surface area contributed by atoms with Crippen LogP contribution in [0.1, 0.15) is 25.0 Å². The Bertz CT molecular complexity index is 305. The molecule has 0 unspecified atom stereocenters. The summed E-state index contributed by atoms with van der Waals surface area (Å²) in [6.07, 6.45) is 8.01. The Morgan fingerprint density at radius 2 is 1.46 bits per heavy atom. The zero-order chi connectivity index (χ0) is 9.68. The summed E-state index contributed by atoms with van der Waals surface area (Å²) in [6.45, 7) is 3.98. The number of para-hydroxylation sites is 1. The van der Waals surface area contributed by atoms with Gasteiger partial charge in [-0.25, -0.2) is 0 Å². The first-order valence-corrected chi connectivity index (χ1v) is 4.43. The van der Waals surface area contributed by atoms with E-state index in [4.69, 9.17) is 5.73 Å². The molecule has 1 aromatic rings. The maximum absolute atomic E-state index is 5.95. The van der Waals surface area contributed by atoms with E-state index in [1.54, 1.807) is 0 Å². The van der Waals surface area contributed by atoms with E-state index >= 15 is 0 Å². The number of allylic oxidation sites excluding steroid dienone is 2. The van der Waals surface area contributed by atoms with Crippen molar-refractivity contribution in [3.63, 3.8) is 0 Å². The molecule has 0 aliphatic rings. The molecule has 1 heteroatoms. The Labute approximate surface area is 79.6 Å². The van der Waals surface area contributed by atoms with Crippen LogP contribution in [0.15, 0.2) is 30.4 Å². The summed E-state index contributed by atoms with van der Waals surface area (Å²) in [6, 6.07) is 6.05. The van der Waals surface area contributed by atoms with Gasteiger partial charge in [0.25, 0.3) is 0 Å². The van der Waals surface area contributed by atoms with E-state index in [1.165, 1.54) is 0 Å². The molecule has 0 aliphatic heterocycles. The predicted molar refractivity (Wildman–Crippen MR) is 60.3 cm³/mol.